The molecule has 1 aliphatic rings. The van der Waals surface area contributed by atoms with Crippen molar-refractivity contribution in [2.45, 2.75) is 32.1 Å². The Balaban J connectivity index is 1.55. The second-order valence-electron chi connectivity index (χ2n) is 7.01. The van der Waals surface area contributed by atoms with Crippen molar-refractivity contribution in [3.8, 4) is 6.07 Å². The highest BCUT2D eigenvalue weighted by atomic mass is 32.1. The van der Waals surface area contributed by atoms with Gasteiger partial charge in [0.25, 0.3) is 5.91 Å². The summed E-state index contributed by atoms with van der Waals surface area (Å²) >= 11 is 1.34. The van der Waals surface area contributed by atoms with Crippen molar-refractivity contribution in [2.75, 3.05) is 44.7 Å². The summed E-state index contributed by atoms with van der Waals surface area (Å²) in [6.45, 7) is 6.03. The summed E-state index contributed by atoms with van der Waals surface area (Å²) in [7, 11) is 0. The molecule has 2 aromatic rings. The van der Waals surface area contributed by atoms with Crippen molar-refractivity contribution in [1.29, 1.82) is 5.26 Å². The Hall–Kier alpha value is -2.61. The van der Waals surface area contributed by atoms with Crippen LogP contribution in [-0.4, -0.2) is 65.2 Å². The molecule has 2 N–H and O–H groups in total. The van der Waals surface area contributed by atoms with E-state index in [2.05, 4.69) is 36.6 Å². The molecule has 1 fully saturated rings. The van der Waals surface area contributed by atoms with Crippen LogP contribution in [0.1, 0.15) is 48.3 Å². The zero-order chi connectivity index (χ0) is 21.2. The molecule has 1 unspecified atom stereocenters. The molecule has 9 nitrogen and oxygen atoms in total. The van der Waals surface area contributed by atoms with Gasteiger partial charge in [-0.2, -0.15) is 5.26 Å². The van der Waals surface area contributed by atoms with Crippen LogP contribution < -0.4 is 10.6 Å². The summed E-state index contributed by atoms with van der Waals surface area (Å²) in [4.78, 5) is 27.6. The Morgan fingerprint density at radius 3 is 3.20 bits per heavy atom. The number of amides is 1. The number of likely N-dealkylation sites (tertiary alicyclic amines) is 1. The lowest BCUT2D eigenvalue weighted by Gasteiger charge is -2.30. The Morgan fingerprint density at radius 1 is 1.47 bits per heavy atom. The molecule has 1 saturated heterocycles. The van der Waals surface area contributed by atoms with E-state index in [0.29, 0.717) is 43.1 Å². The topological polar surface area (TPSA) is 116 Å². The Labute approximate surface area is 180 Å². The number of nitrogens with zero attached hydrogens (tertiary/aromatic N) is 5. The monoisotopic (exact) mass is 429 g/mol. The minimum absolute atomic E-state index is 0.203. The number of thiazole rings is 1. The van der Waals surface area contributed by atoms with Gasteiger partial charge in [-0.3, -0.25) is 9.69 Å². The van der Waals surface area contributed by atoms with Gasteiger partial charge in [0.05, 0.1) is 18.3 Å². The van der Waals surface area contributed by atoms with E-state index in [1.54, 1.807) is 11.6 Å². The quantitative estimate of drug-likeness (QED) is 0.437. The van der Waals surface area contributed by atoms with Gasteiger partial charge in [0.1, 0.15) is 5.69 Å². The summed E-state index contributed by atoms with van der Waals surface area (Å²) in [5, 5.41) is 17.2. The number of aromatic nitrogens is 3. The van der Waals surface area contributed by atoms with E-state index in [-0.39, 0.29) is 11.8 Å². The second kappa shape index (κ2) is 11.5. The normalized spacial score (nSPS) is 16.7. The van der Waals surface area contributed by atoms with E-state index in [4.69, 9.17) is 10.00 Å². The number of hydrogen-bond donors (Lipinski definition) is 2. The standard InChI is InChI=1S/C20H27N7O2S/c1-2-29-12-4-8-22-18(28)17-14-30-20(25-17)26-19-23-9-6-16(24-19)15-5-3-10-27(13-15)11-7-21/h6,9,14-15H,2-5,8,10-13H2,1H3,(H,22,28)(H,23,24,25,26). The zero-order valence-corrected chi connectivity index (χ0v) is 18.0. The number of hydrogen-bond acceptors (Lipinski definition) is 9. The van der Waals surface area contributed by atoms with Crippen molar-refractivity contribution in [1.82, 2.24) is 25.2 Å². The third-order valence-electron chi connectivity index (χ3n) is 4.81. The summed E-state index contributed by atoms with van der Waals surface area (Å²) in [6, 6.07) is 4.15. The third kappa shape index (κ3) is 6.45. The van der Waals surface area contributed by atoms with Crippen LogP contribution in [0.5, 0.6) is 0 Å². The molecule has 3 rings (SSSR count). The van der Waals surface area contributed by atoms with E-state index in [1.807, 2.05) is 13.0 Å². The van der Waals surface area contributed by atoms with Crippen molar-refractivity contribution in [3.63, 3.8) is 0 Å². The average Bonchev–Trinajstić information content (AvgIpc) is 3.23. The smallest absolute Gasteiger partial charge is 0.270 e. The van der Waals surface area contributed by atoms with Gasteiger partial charge in [0, 0.05) is 43.8 Å². The van der Waals surface area contributed by atoms with Gasteiger partial charge in [0.2, 0.25) is 5.95 Å². The first-order chi connectivity index (χ1) is 14.7. The van der Waals surface area contributed by atoms with Crippen molar-refractivity contribution >= 4 is 28.3 Å². The first kappa shape index (κ1) is 22.1. The molecule has 160 valence electrons. The lowest BCUT2D eigenvalue weighted by atomic mass is 9.94. The number of anilines is 2. The van der Waals surface area contributed by atoms with E-state index in [9.17, 15) is 4.79 Å². The molecule has 0 spiro atoms. The number of ether oxygens (including phenoxy) is 1. The van der Waals surface area contributed by atoms with Gasteiger partial charge in [-0.05, 0) is 38.8 Å². The summed E-state index contributed by atoms with van der Waals surface area (Å²) < 4.78 is 5.26. The predicted octanol–water partition coefficient (Wildman–Crippen LogP) is 2.54. The molecule has 1 atom stereocenters. The van der Waals surface area contributed by atoms with Gasteiger partial charge in [0.15, 0.2) is 5.13 Å². The molecule has 1 aliphatic heterocycles. The fourth-order valence-electron chi connectivity index (χ4n) is 3.34. The van der Waals surface area contributed by atoms with Crippen LogP contribution in [0, 0.1) is 11.3 Å². The van der Waals surface area contributed by atoms with Crippen LogP contribution in [-0.2, 0) is 4.74 Å². The van der Waals surface area contributed by atoms with Crippen LogP contribution in [0.25, 0.3) is 0 Å². The molecule has 3 heterocycles. The number of nitrogens with one attached hydrogen (secondary N) is 2. The number of rotatable bonds is 10. The number of carbonyl (C=O) groups excluding carboxylic acids is 1. The van der Waals surface area contributed by atoms with Gasteiger partial charge in [-0.1, -0.05) is 0 Å². The maximum absolute atomic E-state index is 12.2. The number of nitriles is 1. The van der Waals surface area contributed by atoms with Crippen LogP contribution in [0.2, 0.25) is 0 Å². The zero-order valence-electron chi connectivity index (χ0n) is 17.1. The summed E-state index contributed by atoms with van der Waals surface area (Å²) in [6.07, 6.45) is 4.59. The molecule has 2 aromatic heterocycles. The highest BCUT2D eigenvalue weighted by Gasteiger charge is 2.22. The van der Waals surface area contributed by atoms with Crippen molar-refractivity contribution in [2.24, 2.45) is 0 Å². The molecule has 0 radical (unpaired) electrons. The van der Waals surface area contributed by atoms with Gasteiger partial charge in [-0.15, -0.1) is 11.3 Å². The third-order valence-corrected chi connectivity index (χ3v) is 5.56. The minimum Gasteiger partial charge on any atom is -0.382 e. The number of carbonyl (C=O) groups is 1. The first-order valence-electron chi connectivity index (χ1n) is 10.2. The maximum atomic E-state index is 12.2. The number of piperidine rings is 1. The van der Waals surface area contributed by atoms with Gasteiger partial charge >= 0.3 is 0 Å². The molecule has 0 aromatic carbocycles. The Morgan fingerprint density at radius 2 is 2.37 bits per heavy atom. The molecule has 0 aliphatic carbocycles. The highest BCUT2D eigenvalue weighted by Crippen LogP contribution is 2.26. The largest absolute Gasteiger partial charge is 0.382 e. The highest BCUT2D eigenvalue weighted by molar-refractivity contribution is 7.14. The fraction of sp³-hybridized carbons (Fsp3) is 0.550. The van der Waals surface area contributed by atoms with Crippen LogP contribution in [0.4, 0.5) is 11.1 Å². The fourth-order valence-corrected chi connectivity index (χ4v) is 4.03. The van der Waals surface area contributed by atoms with Crippen LogP contribution in [0.3, 0.4) is 0 Å². The van der Waals surface area contributed by atoms with Crippen LogP contribution >= 0.6 is 11.3 Å². The molecule has 1 amide bonds. The van der Waals surface area contributed by atoms with E-state index < -0.39 is 0 Å². The molecule has 0 bridgehead atoms. The summed E-state index contributed by atoms with van der Waals surface area (Å²) in [5.41, 5.74) is 1.33. The lowest BCUT2D eigenvalue weighted by Crippen LogP contribution is -2.34. The summed E-state index contributed by atoms with van der Waals surface area (Å²) in [5.74, 6) is 0.540. The van der Waals surface area contributed by atoms with Crippen molar-refractivity contribution < 1.29 is 9.53 Å². The lowest BCUT2D eigenvalue weighted by molar-refractivity contribution is 0.0940. The first-order valence-corrected chi connectivity index (χ1v) is 11.1. The maximum Gasteiger partial charge on any atom is 0.270 e. The average molecular weight is 430 g/mol. The molecule has 0 saturated carbocycles. The second-order valence-corrected chi connectivity index (χ2v) is 7.86. The molecular weight excluding hydrogens is 402 g/mol. The van der Waals surface area contributed by atoms with Crippen molar-refractivity contribution in [3.05, 3.63) is 29.0 Å². The molecule has 30 heavy (non-hydrogen) atoms. The van der Waals surface area contributed by atoms with E-state index in [0.717, 1.165) is 38.0 Å². The molecule has 10 heteroatoms. The van der Waals surface area contributed by atoms with Crippen LogP contribution in [0.15, 0.2) is 17.6 Å². The molecular formula is C20H27N7O2S. The van der Waals surface area contributed by atoms with E-state index >= 15 is 0 Å². The van der Waals surface area contributed by atoms with Gasteiger partial charge < -0.3 is 15.4 Å². The van der Waals surface area contributed by atoms with E-state index in [1.165, 1.54) is 11.3 Å². The SMILES string of the molecule is CCOCCCNC(=O)c1csc(Nc2nccc(C3CCCN(CC#N)C3)n2)n1. The predicted molar refractivity (Wildman–Crippen MR) is 115 cm³/mol. The van der Waals surface area contributed by atoms with Gasteiger partial charge in [-0.25, -0.2) is 15.0 Å². The minimum atomic E-state index is -0.203. The Bertz CT molecular complexity index is 867. The Kier molecular flexibility index (Phi) is 8.50.